The summed E-state index contributed by atoms with van der Waals surface area (Å²) in [6.07, 6.45) is 0.675. The summed E-state index contributed by atoms with van der Waals surface area (Å²) in [6, 6.07) is 5.34. The molecule has 18 heavy (non-hydrogen) atoms. The van der Waals surface area contributed by atoms with Crippen LogP contribution in [0.4, 0.5) is 0 Å². The van der Waals surface area contributed by atoms with E-state index in [9.17, 15) is 4.79 Å². The fourth-order valence-corrected chi connectivity index (χ4v) is 1.81. The number of hydrogen-bond donors (Lipinski definition) is 0. The zero-order valence-corrected chi connectivity index (χ0v) is 10.4. The molecule has 5 heteroatoms. The largest absolute Gasteiger partial charge is 0.497 e. The molecule has 0 fully saturated rings. The Labute approximate surface area is 104 Å². The Balaban J connectivity index is 2.82. The predicted octanol–water partition coefficient (Wildman–Crippen LogP) is 2.07. The van der Waals surface area contributed by atoms with Gasteiger partial charge in [0, 0.05) is 11.5 Å². The molecule has 0 saturated carbocycles. The van der Waals surface area contributed by atoms with Gasteiger partial charge < -0.3 is 14.2 Å². The van der Waals surface area contributed by atoms with Crippen molar-refractivity contribution in [1.82, 2.24) is 4.98 Å². The van der Waals surface area contributed by atoms with Gasteiger partial charge in [0.25, 0.3) is 0 Å². The zero-order valence-electron chi connectivity index (χ0n) is 10.4. The lowest BCUT2D eigenvalue weighted by molar-refractivity contribution is 0.111. The van der Waals surface area contributed by atoms with Crippen LogP contribution in [-0.2, 0) is 0 Å². The summed E-state index contributed by atoms with van der Waals surface area (Å²) < 4.78 is 15.5. The smallest absolute Gasteiger partial charge is 0.228 e. The number of carbonyl (C=O) groups excluding carboxylic acids is 1. The van der Waals surface area contributed by atoms with E-state index in [1.165, 1.54) is 14.2 Å². The number of carbonyl (C=O) groups is 1. The molecule has 0 aliphatic rings. The minimum Gasteiger partial charge on any atom is -0.497 e. The molecule has 1 aromatic carbocycles. The maximum atomic E-state index is 11.1. The minimum atomic E-state index is 0.239. The second-order valence-electron chi connectivity index (χ2n) is 3.57. The molecule has 0 aliphatic carbocycles. The second kappa shape index (κ2) is 4.91. The third kappa shape index (κ3) is 1.84. The summed E-state index contributed by atoms with van der Waals surface area (Å²) in [7, 11) is 4.54. The summed E-state index contributed by atoms with van der Waals surface area (Å²) >= 11 is 0. The molecule has 0 spiro atoms. The normalized spacial score (nSPS) is 10.2. The molecule has 94 valence electrons. The van der Waals surface area contributed by atoms with Crippen LogP contribution >= 0.6 is 0 Å². The Kier molecular flexibility index (Phi) is 3.32. The van der Waals surface area contributed by atoms with E-state index in [2.05, 4.69) is 4.98 Å². The first-order valence-corrected chi connectivity index (χ1v) is 5.30. The molecular weight excluding hydrogens is 234 g/mol. The molecule has 5 nitrogen and oxygen atoms in total. The highest BCUT2D eigenvalue weighted by atomic mass is 16.5. The van der Waals surface area contributed by atoms with Crippen LogP contribution in [0.5, 0.6) is 17.4 Å². The topological polar surface area (TPSA) is 57.7 Å². The van der Waals surface area contributed by atoms with Crippen molar-refractivity contribution in [2.24, 2.45) is 0 Å². The number of nitrogens with zero attached hydrogens (tertiary/aromatic N) is 1. The van der Waals surface area contributed by atoms with E-state index in [4.69, 9.17) is 14.2 Å². The van der Waals surface area contributed by atoms with Crippen LogP contribution in [0.25, 0.3) is 10.9 Å². The third-order valence-corrected chi connectivity index (χ3v) is 2.66. The highest BCUT2D eigenvalue weighted by Gasteiger charge is 2.16. The molecule has 1 heterocycles. The number of aldehydes is 1. The summed E-state index contributed by atoms with van der Waals surface area (Å²) in [5.41, 5.74) is 0.950. The monoisotopic (exact) mass is 247 g/mol. The number of hydrogen-bond acceptors (Lipinski definition) is 5. The highest BCUT2D eigenvalue weighted by molar-refractivity contribution is 5.96. The van der Waals surface area contributed by atoms with Crippen LogP contribution in [0, 0.1) is 0 Å². The molecule has 0 unspecified atom stereocenters. The number of aromatic nitrogens is 1. The number of benzene rings is 1. The third-order valence-electron chi connectivity index (χ3n) is 2.66. The highest BCUT2D eigenvalue weighted by Crippen LogP contribution is 2.34. The van der Waals surface area contributed by atoms with Crippen molar-refractivity contribution < 1.29 is 19.0 Å². The first-order valence-electron chi connectivity index (χ1n) is 5.30. The van der Waals surface area contributed by atoms with E-state index >= 15 is 0 Å². The Morgan fingerprint density at radius 3 is 2.44 bits per heavy atom. The summed E-state index contributed by atoms with van der Waals surface area (Å²) in [5, 5.41) is 0.737. The summed E-state index contributed by atoms with van der Waals surface area (Å²) in [6.45, 7) is 0. The average Bonchev–Trinajstić information content (AvgIpc) is 2.44. The van der Waals surface area contributed by atoms with Gasteiger partial charge in [0.1, 0.15) is 17.1 Å². The van der Waals surface area contributed by atoms with Crippen LogP contribution in [0.3, 0.4) is 0 Å². The van der Waals surface area contributed by atoms with Gasteiger partial charge in [0.05, 0.1) is 26.8 Å². The predicted molar refractivity (Wildman–Crippen MR) is 66.8 cm³/mol. The van der Waals surface area contributed by atoms with Crippen molar-refractivity contribution in [2.45, 2.75) is 0 Å². The van der Waals surface area contributed by atoms with Crippen LogP contribution < -0.4 is 14.2 Å². The van der Waals surface area contributed by atoms with Gasteiger partial charge in [-0.2, -0.15) is 0 Å². The lowest BCUT2D eigenvalue weighted by Crippen LogP contribution is -2.00. The molecule has 0 amide bonds. The fraction of sp³-hybridized carbons (Fsp3) is 0.231. The standard InChI is InChI=1S/C13H13NO4/c1-16-8-4-5-9-11(6-8)14-13(18-3)10(7-15)12(9)17-2/h4-7H,1-3H3. The maximum Gasteiger partial charge on any atom is 0.228 e. The Morgan fingerprint density at radius 1 is 1.11 bits per heavy atom. The molecule has 2 aromatic rings. The fourth-order valence-electron chi connectivity index (χ4n) is 1.81. The first-order chi connectivity index (χ1) is 8.74. The molecule has 0 aliphatic heterocycles. The van der Waals surface area contributed by atoms with Crippen LogP contribution in [0.1, 0.15) is 10.4 Å². The second-order valence-corrected chi connectivity index (χ2v) is 3.57. The lowest BCUT2D eigenvalue weighted by atomic mass is 10.1. The van der Waals surface area contributed by atoms with Gasteiger partial charge >= 0.3 is 0 Å². The van der Waals surface area contributed by atoms with Crippen LogP contribution in [0.2, 0.25) is 0 Å². The van der Waals surface area contributed by atoms with E-state index in [-0.39, 0.29) is 5.88 Å². The van der Waals surface area contributed by atoms with Gasteiger partial charge in [-0.15, -0.1) is 0 Å². The number of rotatable bonds is 4. The molecule has 1 aromatic heterocycles. The van der Waals surface area contributed by atoms with E-state index in [0.717, 1.165) is 5.39 Å². The molecule has 2 rings (SSSR count). The van der Waals surface area contributed by atoms with Crippen molar-refractivity contribution in [3.8, 4) is 17.4 Å². The van der Waals surface area contributed by atoms with Gasteiger partial charge in [0.15, 0.2) is 6.29 Å². The SMILES string of the molecule is COc1ccc2c(OC)c(C=O)c(OC)nc2c1. The van der Waals surface area contributed by atoms with Crippen molar-refractivity contribution >= 4 is 17.2 Å². The van der Waals surface area contributed by atoms with Crippen molar-refractivity contribution in [3.63, 3.8) is 0 Å². The Morgan fingerprint density at radius 2 is 1.89 bits per heavy atom. The van der Waals surface area contributed by atoms with Crippen molar-refractivity contribution in [1.29, 1.82) is 0 Å². The average molecular weight is 247 g/mol. The Bertz CT molecular complexity index is 595. The van der Waals surface area contributed by atoms with E-state index in [1.807, 2.05) is 0 Å². The molecule has 0 atom stereocenters. The zero-order chi connectivity index (χ0) is 13.1. The van der Waals surface area contributed by atoms with Gasteiger partial charge in [-0.05, 0) is 12.1 Å². The lowest BCUT2D eigenvalue weighted by Gasteiger charge is -2.12. The quantitative estimate of drug-likeness (QED) is 0.774. The van der Waals surface area contributed by atoms with Crippen molar-refractivity contribution in [3.05, 3.63) is 23.8 Å². The molecular formula is C13H13NO4. The summed E-state index contributed by atoms with van der Waals surface area (Å²) in [5.74, 6) is 1.37. The maximum absolute atomic E-state index is 11.1. The van der Waals surface area contributed by atoms with Crippen LogP contribution in [0.15, 0.2) is 18.2 Å². The Hall–Kier alpha value is -2.30. The van der Waals surface area contributed by atoms with E-state index < -0.39 is 0 Å². The number of methoxy groups -OCH3 is 3. The minimum absolute atomic E-state index is 0.239. The van der Waals surface area contributed by atoms with Gasteiger partial charge in [-0.1, -0.05) is 0 Å². The van der Waals surface area contributed by atoms with Crippen molar-refractivity contribution in [2.75, 3.05) is 21.3 Å². The van der Waals surface area contributed by atoms with Gasteiger partial charge in [0.2, 0.25) is 5.88 Å². The first kappa shape index (κ1) is 12.2. The van der Waals surface area contributed by atoms with E-state index in [0.29, 0.717) is 28.9 Å². The van der Waals surface area contributed by atoms with E-state index in [1.54, 1.807) is 25.3 Å². The van der Waals surface area contributed by atoms with Gasteiger partial charge in [-0.25, -0.2) is 4.98 Å². The number of fused-ring (bicyclic) bond motifs is 1. The van der Waals surface area contributed by atoms with Gasteiger partial charge in [-0.3, -0.25) is 4.79 Å². The molecule has 0 N–H and O–H groups in total. The summed E-state index contributed by atoms with van der Waals surface area (Å²) in [4.78, 5) is 15.4. The van der Waals surface area contributed by atoms with Crippen LogP contribution in [-0.4, -0.2) is 32.6 Å². The number of ether oxygens (including phenoxy) is 3. The molecule has 0 saturated heterocycles. The molecule has 0 radical (unpaired) electrons. The molecule has 0 bridgehead atoms. The number of pyridine rings is 1.